The first kappa shape index (κ1) is 18.7. The molecule has 1 atom stereocenters. The second kappa shape index (κ2) is 9.05. The molecule has 2 aromatic rings. The minimum absolute atomic E-state index is 0.0233. The fourth-order valence-corrected chi connectivity index (χ4v) is 4.13. The fourth-order valence-electron chi connectivity index (χ4n) is 4.13. The van der Waals surface area contributed by atoms with Gasteiger partial charge in [0.05, 0.1) is 6.04 Å². The van der Waals surface area contributed by atoms with E-state index >= 15 is 0 Å². The van der Waals surface area contributed by atoms with E-state index in [2.05, 4.69) is 54.6 Å². The quantitative estimate of drug-likeness (QED) is 0.824. The van der Waals surface area contributed by atoms with E-state index < -0.39 is 0 Å². The number of aromatic nitrogens is 3. The van der Waals surface area contributed by atoms with Gasteiger partial charge in [-0.2, -0.15) is 10.1 Å². The highest BCUT2D eigenvalue weighted by Crippen LogP contribution is 2.24. The van der Waals surface area contributed by atoms with Gasteiger partial charge in [0.2, 0.25) is 5.95 Å². The van der Waals surface area contributed by atoms with Crippen LogP contribution in [0, 0.1) is 0 Å². The number of H-pyrrole nitrogens is 1. The molecule has 8 heteroatoms. The van der Waals surface area contributed by atoms with Crippen molar-refractivity contribution in [3.8, 4) is 0 Å². The summed E-state index contributed by atoms with van der Waals surface area (Å²) in [5.41, 5.74) is 1.28. The minimum Gasteiger partial charge on any atom is -0.338 e. The van der Waals surface area contributed by atoms with Crippen LogP contribution in [0.15, 0.2) is 36.7 Å². The molecule has 0 spiro atoms. The van der Waals surface area contributed by atoms with Crippen molar-refractivity contribution in [2.45, 2.75) is 25.3 Å². The summed E-state index contributed by atoms with van der Waals surface area (Å²) in [6, 6.07) is 10.8. The molecular formula is C20H29N7O. The Hall–Kier alpha value is -2.61. The van der Waals surface area contributed by atoms with E-state index in [1.807, 2.05) is 11.0 Å². The predicted octanol–water partition coefficient (Wildman–Crippen LogP) is 1.86. The van der Waals surface area contributed by atoms with E-state index in [1.165, 1.54) is 31.2 Å². The fraction of sp³-hybridized carbons (Fsp3) is 0.550. The number of carbonyl (C=O) groups is 1. The summed E-state index contributed by atoms with van der Waals surface area (Å²) in [6.45, 7) is 5.74. The van der Waals surface area contributed by atoms with E-state index in [9.17, 15) is 4.79 Å². The maximum Gasteiger partial charge on any atom is 0.317 e. The third kappa shape index (κ3) is 4.44. The van der Waals surface area contributed by atoms with Crippen LogP contribution in [-0.4, -0.2) is 76.8 Å². The van der Waals surface area contributed by atoms with Crippen LogP contribution >= 0.6 is 0 Å². The van der Waals surface area contributed by atoms with E-state index in [-0.39, 0.29) is 12.1 Å². The summed E-state index contributed by atoms with van der Waals surface area (Å²) >= 11 is 0. The maximum absolute atomic E-state index is 12.8. The number of hydrogen-bond donors (Lipinski definition) is 2. The van der Waals surface area contributed by atoms with E-state index in [0.717, 1.165) is 32.1 Å². The number of carbonyl (C=O) groups excluding carboxylic acids is 1. The standard InChI is InChI=1S/C20H29N7O/c28-20(27-13-11-26(12-14-27)19-22-16-23-24-19)21-15-18(17-7-3-1-4-8-17)25-9-5-2-6-10-25/h1,3-4,7-8,16,18H,2,5-6,9-15H2,(H,21,28)(H,22,23,24)/t18-/m0/s1. The van der Waals surface area contributed by atoms with Crippen molar-refractivity contribution in [2.24, 2.45) is 0 Å². The monoisotopic (exact) mass is 383 g/mol. The molecule has 150 valence electrons. The van der Waals surface area contributed by atoms with Gasteiger partial charge in [-0.05, 0) is 31.5 Å². The molecule has 2 aliphatic rings. The number of piperidine rings is 1. The van der Waals surface area contributed by atoms with Crippen molar-refractivity contribution in [2.75, 3.05) is 50.7 Å². The Morgan fingerprint density at radius 2 is 1.79 bits per heavy atom. The molecule has 0 bridgehead atoms. The number of aromatic amines is 1. The molecule has 2 aliphatic heterocycles. The van der Waals surface area contributed by atoms with Gasteiger partial charge in [-0.15, -0.1) is 0 Å². The number of nitrogens with one attached hydrogen (secondary N) is 2. The molecule has 2 saturated heterocycles. The minimum atomic E-state index is 0.0233. The third-order valence-electron chi connectivity index (χ3n) is 5.73. The molecule has 1 aromatic heterocycles. The number of nitrogens with zero attached hydrogens (tertiary/aromatic N) is 5. The number of anilines is 1. The zero-order valence-electron chi connectivity index (χ0n) is 16.3. The van der Waals surface area contributed by atoms with Gasteiger partial charge in [-0.25, -0.2) is 9.89 Å². The average molecular weight is 384 g/mol. The highest BCUT2D eigenvalue weighted by molar-refractivity contribution is 5.74. The normalized spacial score (nSPS) is 19.4. The van der Waals surface area contributed by atoms with E-state index in [0.29, 0.717) is 19.6 Å². The van der Waals surface area contributed by atoms with Crippen LogP contribution in [-0.2, 0) is 0 Å². The summed E-state index contributed by atoms with van der Waals surface area (Å²) in [4.78, 5) is 23.5. The lowest BCUT2D eigenvalue weighted by Gasteiger charge is -2.37. The number of rotatable bonds is 5. The van der Waals surface area contributed by atoms with E-state index in [1.54, 1.807) is 0 Å². The van der Waals surface area contributed by atoms with Crippen LogP contribution in [0.25, 0.3) is 0 Å². The first-order chi connectivity index (χ1) is 13.8. The summed E-state index contributed by atoms with van der Waals surface area (Å²) in [5, 5.41) is 9.97. The Morgan fingerprint density at radius 1 is 1.04 bits per heavy atom. The molecule has 0 saturated carbocycles. The van der Waals surface area contributed by atoms with Gasteiger partial charge in [-0.3, -0.25) is 4.90 Å². The second-order valence-electron chi connectivity index (χ2n) is 7.49. The van der Waals surface area contributed by atoms with Crippen molar-refractivity contribution < 1.29 is 4.79 Å². The van der Waals surface area contributed by atoms with Gasteiger partial charge in [0.25, 0.3) is 0 Å². The summed E-state index contributed by atoms with van der Waals surface area (Å²) in [5.74, 6) is 0.772. The molecule has 0 radical (unpaired) electrons. The first-order valence-electron chi connectivity index (χ1n) is 10.2. The van der Waals surface area contributed by atoms with Crippen LogP contribution < -0.4 is 10.2 Å². The molecule has 1 aromatic carbocycles. The SMILES string of the molecule is O=C(NC[C@@H](c1ccccc1)N1CCCCC1)N1CCN(c2ncn[nH]2)CC1. The molecule has 2 N–H and O–H groups in total. The van der Waals surface area contributed by atoms with Gasteiger partial charge in [-0.1, -0.05) is 36.8 Å². The van der Waals surface area contributed by atoms with Crippen molar-refractivity contribution in [1.29, 1.82) is 0 Å². The maximum atomic E-state index is 12.8. The number of piperazine rings is 1. The van der Waals surface area contributed by atoms with Crippen LogP contribution in [0.1, 0.15) is 30.9 Å². The second-order valence-corrected chi connectivity index (χ2v) is 7.49. The molecule has 4 rings (SSSR count). The summed E-state index contributed by atoms with van der Waals surface area (Å²) in [6.07, 6.45) is 5.29. The molecule has 0 aliphatic carbocycles. The lowest BCUT2D eigenvalue weighted by atomic mass is 10.0. The molecule has 8 nitrogen and oxygen atoms in total. The molecule has 28 heavy (non-hydrogen) atoms. The largest absolute Gasteiger partial charge is 0.338 e. The molecule has 2 fully saturated rings. The Morgan fingerprint density at radius 3 is 2.46 bits per heavy atom. The van der Waals surface area contributed by atoms with Crippen molar-refractivity contribution in [1.82, 2.24) is 30.3 Å². The van der Waals surface area contributed by atoms with Crippen molar-refractivity contribution >= 4 is 12.0 Å². The summed E-state index contributed by atoms with van der Waals surface area (Å²) < 4.78 is 0. The summed E-state index contributed by atoms with van der Waals surface area (Å²) in [7, 11) is 0. The van der Waals surface area contributed by atoms with Gasteiger partial charge in [0.15, 0.2) is 0 Å². The lowest BCUT2D eigenvalue weighted by Crippen LogP contribution is -2.53. The van der Waals surface area contributed by atoms with Gasteiger partial charge < -0.3 is 15.1 Å². The Kier molecular flexibility index (Phi) is 6.06. The van der Waals surface area contributed by atoms with Crippen LogP contribution in [0.4, 0.5) is 10.7 Å². The number of hydrogen-bond acceptors (Lipinski definition) is 5. The van der Waals surface area contributed by atoms with Crippen LogP contribution in [0.2, 0.25) is 0 Å². The van der Waals surface area contributed by atoms with Gasteiger partial charge in [0, 0.05) is 32.7 Å². The van der Waals surface area contributed by atoms with E-state index in [4.69, 9.17) is 0 Å². The molecule has 3 heterocycles. The van der Waals surface area contributed by atoms with Gasteiger partial charge in [0.1, 0.15) is 6.33 Å². The molecule has 0 unspecified atom stereocenters. The van der Waals surface area contributed by atoms with Gasteiger partial charge >= 0.3 is 6.03 Å². The number of urea groups is 1. The Bertz CT molecular complexity index is 722. The highest BCUT2D eigenvalue weighted by Gasteiger charge is 2.26. The highest BCUT2D eigenvalue weighted by atomic mass is 16.2. The smallest absolute Gasteiger partial charge is 0.317 e. The molecular weight excluding hydrogens is 354 g/mol. The zero-order valence-corrected chi connectivity index (χ0v) is 16.3. The lowest BCUT2D eigenvalue weighted by molar-refractivity contribution is 0.153. The average Bonchev–Trinajstić information content (AvgIpc) is 3.30. The first-order valence-corrected chi connectivity index (χ1v) is 10.2. The molecule has 2 amide bonds. The van der Waals surface area contributed by atoms with Crippen LogP contribution in [0.3, 0.4) is 0 Å². The third-order valence-corrected chi connectivity index (χ3v) is 5.73. The zero-order chi connectivity index (χ0) is 19.2. The van der Waals surface area contributed by atoms with Crippen LogP contribution in [0.5, 0.6) is 0 Å². The number of likely N-dealkylation sites (tertiary alicyclic amines) is 1. The number of benzene rings is 1. The Labute approximate surface area is 165 Å². The Balaban J connectivity index is 1.32. The topological polar surface area (TPSA) is 80.4 Å². The number of amides is 2. The predicted molar refractivity (Wildman–Crippen MR) is 108 cm³/mol. The van der Waals surface area contributed by atoms with Crippen molar-refractivity contribution in [3.63, 3.8) is 0 Å². The van der Waals surface area contributed by atoms with Crippen molar-refractivity contribution in [3.05, 3.63) is 42.2 Å².